The third-order valence-electron chi connectivity index (χ3n) is 16.5. The molecule has 0 aromatic carbocycles. The van der Waals surface area contributed by atoms with Crippen molar-refractivity contribution in [2.24, 2.45) is 0 Å². The molecule has 0 fully saturated rings. The lowest BCUT2D eigenvalue weighted by Crippen LogP contribution is -2.30. The van der Waals surface area contributed by atoms with E-state index in [2.05, 4.69) is 75.5 Å². The zero-order valence-electron chi connectivity index (χ0n) is 60.8. The number of hydrogen-bond acceptors (Lipinski definition) is 15. The summed E-state index contributed by atoms with van der Waals surface area (Å²) >= 11 is 0. The third kappa shape index (κ3) is 70.8. The fourth-order valence-electron chi connectivity index (χ4n) is 10.6. The van der Waals surface area contributed by atoms with Crippen LogP contribution in [0.15, 0.2) is 60.8 Å². The van der Waals surface area contributed by atoms with Crippen molar-refractivity contribution < 1.29 is 80.2 Å². The molecule has 0 heterocycles. The van der Waals surface area contributed by atoms with Crippen LogP contribution in [0.3, 0.4) is 0 Å². The molecule has 19 heteroatoms. The van der Waals surface area contributed by atoms with Crippen molar-refractivity contribution in [1.82, 2.24) is 0 Å². The van der Waals surface area contributed by atoms with Crippen LogP contribution in [0.4, 0.5) is 0 Å². The number of aldehydes is 1. The molecule has 5 atom stereocenters. The number of aliphatic hydroxyl groups excluding tert-OH is 1. The van der Waals surface area contributed by atoms with Gasteiger partial charge in [0.2, 0.25) is 0 Å². The molecule has 0 radical (unpaired) electrons. The minimum atomic E-state index is -4.94. The number of hydrogen-bond donors (Lipinski definition) is 3. The van der Waals surface area contributed by atoms with E-state index in [9.17, 15) is 43.2 Å². The van der Waals surface area contributed by atoms with Gasteiger partial charge in [-0.1, -0.05) is 281 Å². The van der Waals surface area contributed by atoms with Gasteiger partial charge in [0, 0.05) is 32.3 Å². The minimum absolute atomic E-state index is 0.0997. The fourth-order valence-corrected chi connectivity index (χ4v) is 12.2. The average Bonchev–Trinajstić information content (AvgIpc) is 3.20. The Balaban J connectivity index is 5.29. The van der Waals surface area contributed by atoms with Gasteiger partial charge < -0.3 is 38.6 Å². The molecule has 0 bridgehead atoms. The summed E-state index contributed by atoms with van der Waals surface area (Å²) in [7, 11) is -9.83. The predicted molar refractivity (Wildman–Crippen MR) is 391 cm³/mol. The molecule has 0 saturated heterocycles. The summed E-state index contributed by atoms with van der Waals surface area (Å²) in [5, 5.41) is 10.6. The van der Waals surface area contributed by atoms with Crippen molar-refractivity contribution in [3.05, 3.63) is 60.8 Å². The maximum Gasteiger partial charge on any atom is 0.472 e. The van der Waals surface area contributed by atoms with Crippen molar-refractivity contribution in [3.63, 3.8) is 0 Å². The second-order valence-electron chi connectivity index (χ2n) is 25.9. The average molecular weight is 1400 g/mol. The Morgan fingerprint density at radius 2 is 0.625 bits per heavy atom. The maximum absolute atomic E-state index is 13.1. The van der Waals surface area contributed by atoms with E-state index < -0.39 is 84.9 Å². The van der Waals surface area contributed by atoms with Gasteiger partial charge in [0.15, 0.2) is 6.10 Å². The number of carbonyl (C=O) groups is 4. The van der Waals surface area contributed by atoms with Gasteiger partial charge in [-0.3, -0.25) is 32.5 Å². The van der Waals surface area contributed by atoms with Crippen LogP contribution in [0.2, 0.25) is 0 Å². The summed E-state index contributed by atoms with van der Waals surface area (Å²) in [6.07, 6.45) is 69.8. The molecule has 0 aliphatic heterocycles. The topological polar surface area (TPSA) is 237 Å². The first-order valence-electron chi connectivity index (χ1n) is 38.5. The Morgan fingerprint density at radius 3 is 1.04 bits per heavy atom. The van der Waals surface area contributed by atoms with Gasteiger partial charge >= 0.3 is 33.6 Å². The van der Waals surface area contributed by atoms with Crippen LogP contribution in [0, 0.1) is 0 Å². The van der Waals surface area contributed by atoms with Crippen molar-refractivity contribution >= 4 is 39.8 Å². The monoisotopic (exact) mass is 1400 g/mol. The Bertz CT molecular complexity index is 2030. The van der Waals surface area contributed by atoms with Crippen LogP contribution in [0.25, 0.3) is 0 Å². The summed E-state index contributed by atoms with van der Waals surface area (Å²) < 4.78 is 69.1. The van der Waals surface area contributed by atoms with E-state index in [0.717, 1.165) is 148 Å². The zero-order chi connectivity index (χ0) is 70.2. The minimum Gasteiger partial charge on any atom is -0.462 e. The SMILES string of the molecule is CCCCC/C=C\C/C=C\C/C=C\C/C=C\CCCC(=O)O[C@H](COCCCCCCC/C=C\CCCCCCC=O)COP(=O)(O)OC[C@@H](O)COP(=O)(O)OC[C@@H](COC(=O)CCCCCCCCCCCCCCC)OC(=O)CCCCCCCCCCCCCCC. The zero-order valence-corrected chi connectivity index (χ0v) is 62.6. The third-order valence-corrected chi connectivity index (χ3v) is 18.4. The number of allylic oxidation sites excluding steroid dienone is 10. The summed E-state index contributed by atoms with van der Waals surface area (Å²) in [4.78, 5) is 70.5. The quantitative estimate of drug-likeness (QED) is 0.0128. The second-order valence-corrected chi connectivity index (χ2v) is 28.8. The van der Waals surface area contributed by atoms with Crippen molar-refractivity contribution in [2.45, 2.75) is 360 Å². The number of phosphoric acid groups is 2. The molecule has 0 aromatic heterocycles. The molecule has 2 unspecified atom stereocenters. The predicted octanol–water partition coefficient (Wildman–Crippen LogP) is 21.5. The van der Waals surface area contributed by atoms with Crippen LogP contribution in [0.5, 0.6) is 0 Å². The van der Waals surface area contributed by atoms with Crippen LogP contribution in [-0.2, 0) is 65.4 Å². The lowest BCUT2D eigenvalue weighted by Gasteiger charge is -2.21. The molecule has 0 amide bonds. The first-order chi connectivity index (χ1) is 46.8. The summed E-state index contributed by atoms with van der Waals surface area (Å²) in [6, 6.07) is 0. The number of esters is 3. The van der Waals surface area contributed by atoms with Crippen molar-refractivity contribution in [1.29, 1.82) is 0 Å². The summed E-state index contributed by atoms with van der Waals surface area (Å²) in [5.74, 6) is -1.58. The molecular weight excluding hydrogens is 1260 g/mol. The summed E-state index contributed by atoms with van der Waals surface area (Å²) in [5.41, 5.74) is 0. The van der Waals surface area contributed by atoms with Crippen LogP contribution < -0.4 is 0 Å². The highest BCUT2D eigenvalue weighted by molar-refractivity contribution is 7.47. The fraction of sp³-hybridized carbons (Fsp3) is 0.818. The Morgan fingerprint density at radius 1 is 0.333 bits per heavy atom. The Hall–Kier alpha value is -3.08. The molecule has 17 nitrogen and oxygen atoms in total. The highest BCUT2D eigenvalue weighted by Crippen LogP contribution is 2.45. The molecular formula is C77H140O17P2. The van der Waals surface area contributed by atoms with E-state index in [1.54, 1.807) is 0 Å². The van der Waals surface area contributed by atoms with Crippen molar-refractivity contribution in [2.75, 3.05) is 46.2 Å². The molecule has 96 heavy (non-hydrogen) atoms. The van der Waals surface area contributed by atoms with Gasteiger partial charge in [-0.25, -0.2) is 9.13 Å². The van der Waals surface area contributed by atoms with Crippen LogP contribution in [0.1, 0.15) is 342 Å². The normalized spacial score (nSPS) is 14.3. The number of rotatable bonds is 75. The lowest BCUT2D eigenvalue weighted by molar-refractivity contribution is -0.161. The highest BCUT2D eigenvalue weighted by Gasteiger charge is 2.30. The largest absolute Gasteiger partial charge is 0.472 e. The van der Waals surface area contributed by atoms with Crippen LogP contribution in [-0.4, -0.2) is 104 Å². The van der Waals surface area contributed by atoms with Crippen LogP contribution >= 0.6 is 15.6 Å². The Labute approximate surface area is 584 Å². The number of phosphoric ester groups is 2. The van der Waals surface area contributed by atoms with E-state index in [1.165, 1.54) is 128 Å². The first kappa shape index (κ1) is 92.9. The van der Waals surface area contributed by atoms with Gasteiger partial charge in [0.25, 0.3) is 0 Å². The lowest BCUT2D eigenvalue weighted by atomic mass is 10.0. The van der Waals surface area contributed by atoms with E-state index >= 15 is 0 Å². The second kappa shape index (κ2) is 71.7. The molecule has 0 aliphatic rings. The van der Waals surface area contributed by atoms with Gasteiger partial charge in [0.1, 0.15) is 25.1 Å². The number of unbranched alkanes of at least 4 members (excludes halogenated alkanes) is 38. The molecule has 0 rings (SSSR count). The molecule has 0 spiro atoms. The number of carbonyl (C=O) groups excluding carboxylic acids is 4. The van der Waals surface area contributed by atoms with Gasteiger partial charge in [-0.05, 0) is 96.3 Å². The smallest absolute Gasteiger partial charge is 0.462 e. The van der Waals surface area contributed by atoms with E-state index in [-0.39, 0.29) is 25.9 Å². The van der Waals surface area contributed by atoms with Gasteiger partial charge in [-0.15, -0.1) is 0 Å². The maximum atomic E-state index is 13.1. The van der Waals surface area contributed by atoms with E-state index in [0.29, 0.717) is 38.7 Å². The molecule has 560 valence electrons. The van der Waals surface area contributed by atoms with E-state index in [4.69, 9.17) is 37.0 Å². The Kier molecular flexibility index (Phi) is 69.4. The standard InChI is InChI=1S/C77H140O17P2/c1-4-7-10-13-16-19-22-25-26-27-28-33-38-43-47-52-57-62-76(81)93-73(68-87-65-60-55-50-45-40-35-30-29-34-39-44-49-54-59-64-78)70-91-95(83,84)89-66-72(79)67-90-96(85,86)92-71-74(94-77(82)63-58-53-48-42-37-32-24-21-18-15-12-9-6-3)69-88-75(80)61-56-51-46-41-36-31-23-20-17-14-11-8-5-2/h16,19,25-26,28-30,33,43,47,64,72-74,79H,4-15,17-18,20-24,27,31-32,34-42,44-46,48-63,65-71H2,1-3H3,(H,83,84)(H,85,86)/b19-16-,26-25-,30-29-,33-28-,47-43-/t72-,73-,74-/m1/s1. The molecule has 0 saturated carbocycles. The number of ether oxygens (including phenoxy) is 4. The highest BCUT2D eigenvalue weighted by atomic mass is 31.2. The van der Waals surface area contributed by atoms with Gasteiger partial charge in [-0.2, -0.15) is 0 Å². The van der Waals surface area contributed by atoms with Crippen molar-refractivity contribution in [3.8, 4) is 0 Å². The number of aliphatic hydroxyl groups is 1. The molecule has 3 N–H and O–H groups in total. The first-order valence-corrected chi connectivity index (χ1v) is 41.5. The van der Waals surface area contributed by atoms with Gasteiger partial charge in [0.05, 0.1) is 33.0 Å². The summed E-state index contributed by atoms with van der Waals surface area (Å²) in [6.45, 7) is 3.59. The van der Waals surface area contributed by atoms with E-state index in [1.807, 2.05) is 6.08 Å². The molecule has 0 aliphatic carbocycles. The molecule has 0 aromatic rings.